The maximum Gasteiger partial charge on any atom is 0.321 e. The molecule has 146 valence electrons. The van der Waals surface area contributed by atoms with Crippen molar-refractivity contribution in [2.45, 2.75) is 6.04 Å². The number of nitrogens with one attached hydrogen (secondary N) is 2. The summed E-state index contributed by atoms with van der Waals surface area (Å²) >= 11 is 0. The van der Waals surface area contributed by atoms with E-state index in [2.05, 4.69) is 10.6 Å². The van der Waals surface area contributed by atoms with Gasteiger partial charge in [0.2, 0.25) is 0 Å². The minimum absolute atomic E-state index is 0.0968. The third-order valence-corrected chi connectivity index (χ3v) is 5.09. The molecule has 1 atom stereocenters. The lowest BCUT2D eigenvalue weighted by Gasteiger charge is -2.36. The molecule has 0 aliphatic carbocycles. The molecule has 0 aromatic heterocycles. The summed E-state index contributed by atoms with van der Waals surface area (Å²) in [5.41, 5.74) is 1.02. The van der Waals surface area contributed by atoms with Gasteiger partial charge < -0.3 is 15.5 Å². The summed E-state index contributed by atoms with van der Waals surface area (Å²) in [6.45, 7) is 2.34. The van der Waals surface area contributed by atoms with Gasteiger partial charge in [-0.3, -0.25) is 9.69 Å². The number of carbonyl (C=O) groups is 2. The van der Waals surface area contributed by atoms with Crippen molar-refractivity contribution in [2.24, 2.45) is 0 Å². The van der Waals surface area contributed by atoms with Gasteiger partial charge in [-0.25, -0.2) is 13.6 Å². The fraction of sp³-hybridized carbons (Fsp3) is 0.300. The van der Waals surface area contributed by atoms with Crippen molar-refractivity contribution in [2.75, 3.05) is 37.6 Å². The van der Waals surface area contributed by atoms with Crippen LogP contribution in [0, 0.1) is 11.6 Å². The predicted octanol–water partition coefficient (Wildman–Crippen LogP) is 2.28. The summed E-state index contributed by atoms with van der Waals surface area (Å²) in [5.74, 6) is -1.51. The van der Waals surface area contributed by atoms with Gasteiger partial charge in [0.25, 0.3) is 5.91 Å². The molecule has 4 rings (SSSR count). The number of anilines is 1. The van der Waals surface area contributed by atoms with Gasteiger partial charge in [-0.05, 0) is 35.9 Å². The van der Waals surface area contributed by atoms with E-state index in [4.69, 9.17) is 0 Å². The van der Waals surface area contributed by atoms with Crippen molar-refractivity contribution >= 4 is 17.6 Å². The van der Waals surface area contributed by atoms with E-state index in [1.807, 2.05) is 0 Å². The van der Waals surface area contributed by atoms with Crippen molar-refractivity contribution in [3.63, 3.8) is 0 Å². The third kappa shape index (κ3) is 3.43. The lowest BCUT2D eigenvalue weighted by molar-refractivity contribution is 0.0629. The van der Waals surface area contributed by atoms with Crippen LogP contribution in [0.15, 0.2) is 42.5 Å². The predicted molar refractivity (Wildman–Crippen MR) is 100 cm³/mol. The Balaban J connectivity index is 1.66. The Labute approximate surface area is 161 Å². The number of piperazine rings is 1. The highest BCUT2D eigenvalue weighted by atomic mass is 19.1. The minimum Gasteiger partial charge on any atom is -0.336 e. The topological polar surface area (TPSA) is 64.7 Å². The van der Waals surface area contributed by atoms with Crippen molar-refractivity contribution in [3.8, 4) is 0 Å². The molecule has 2 N–H and O–H groups in total. The maximum absolute atomic E-state index is 14.5. The van der Waals surface area contributed by atoms with E-state index in [-0.39, 0.29) is 17.4 Å². The Morgan fingerprint density at radius 2 is 1.93 bits per heavy atom. The highest BCUT2D eigenvalue weighted by Gasteiger charge is 2.31. The second-order valence-corrected chi connectivity index (χ2v) is 6.82. The standard InChI is InChI=1S/C20H20F2N4O2/c21-14-3-1-2-13(10-14)18-12-23-6-8-26(18)19(27)16-11-15(4-5-17(16)22)25-9-7-24-20(25)28/h1-5,10-11,18,23H,6-9,12H2,(H,24,28). The third-order valence-electron chi connectivity index (χ3n) is 5.09. The molecule has 3 amide bonds. The zero-order valence-electron chi connectivity index (χ0n) is 15.1. The summed E-state index contributed by atoms with van der Waals surface area (Å²) in [4.78, 5) is 28.1. The fourth-order valence-corrected chi connectivity index (χ4v) is 3.68. The first-order valence-electron chi connectivity index (χ1n) is 9.16. The van der Waals surface area contributed by atoms with Gasteiger partial charge in [0.05, 0.1) is 11.6 Å². The number of nitrogens with zero attached hydrogens (tertiary/aromatic N) is 2. The van der Waals surface area contributed by atoms with Crippen molar-refractivity contribution in [1.82, 2.24) is 15.5 Å². The molecule has 2 aliphatic rings. The van der Waals surface area contributed by atoms with Crippen LogP contribution in [0.2, 0.25) is 0 Å². The fourth-order valence-electron chi connectivity index (χ4n) is 3.68. The van der Waals surface area contributed by atoms with Crippen molar-refractivity contribution < 1.29 is 18.4 Å². The molecule has 0 bridgehead atoms. The molecular weight excluding hydrogens is 366 g/mol. The van der Waals surface area contributed by atoms with Crippen LogP contribution in [0.4, 0.5) is 19.3 Å². The van der Waals surface area contributed by atoms with Gasteiger partial charge in [0.1, 0.15) is 11.6 Å². The van der Waals surface area contributed by atoms with Gasteiger partial charge in [-0.15, -0.1) is 0 Å². The normalized spacial score (nSPS) is 19.6. The first-order chi connectivity index (χ1) is 13.5. The van der Waals surface area contributed by atoms with Crippen LogP contribution >= 0.6 is 0 Å². The first-order valence-corrected chi connectivity index (χ1v) is 9.16. The summed E-state index contributed by atoms with van der Waals surface area (Å²) < 4.78 is 28.2. The molecule has 2 heterocycles. The zero-order valence-corrected chi connectivity index (χ0v) is 15.1. The Hall–Kier alpha value is -3.00. The average molecular weight is 386 g/mol. The molecular formula is C20H20F2N4O2. The number of rotatable bonds is 3. The van der Waals surface area contributed by atoms with Crippen molar-refractivity contribution in [3.05, 3.63) is 65.2 Å². The van der Waals surface area contributed by atoms with Crippen LogP contribution in [-0.2, 0) is 0 Å². The smallest absolute Gasteiger partial charge is 0.321 e. The molecule has 2 aliphatic heterocycles. The van der Waals surface area contributed by atoms with Crippen LogP contribution in [0.5, 0.6) is 0 Å². The minimum atomic E-state index is -0.648. The monoisotopic (exact) mass is 386 g/mol. The Morgan fingerprint density at radius 1 is 1.07 bits per heavy atom. The van der Waals surface area contributed by atoms with Gasteiger partial charge in [-0.2, -0.15) is 0 Å². The molecule has 0 radical (unpaired) electrons. The molecule has 2 aromatic rings. The van der Waals surface area contributed by atoms with E-state index in [1.54, 1.807) is 17.0 Å². The molecule has 2 fully saturated rings. The lowest BCUT2D eigenvalue weighted by Crippen LogP contribution is -2.49. The van der Waals surface area contributed by atoms with E-state index in [0.717, 1.165) is 0 Å². The number of carbonyl (C=O) groups excluding carboxylic acids is 2. The highest BCUT2D eigenvalue weighted by Crippen LogP contribution is 2.27. The zero-order chi connectivity index (χ0) is 19.7. The number of hydrogen-bond acceptors (Lipinski definition) is 3. The second-order valence-electron chi connectivity index (χ2n) is 6.82. The number of benzene rings is 2. The SMILES string of the molecule is O=C1NCCN1c1ccc(F)c(C(=O)N2CCNCC2c2cccc(F)c2)c1. The average Bonchev–Trinajstić information content (AvgIpc) is 3.14. The molecule has 6 nitrogen and oxygen atoms in total. The molecule has 0 spiro atoms. The Kier molecular flexibility index (Phi) is 4.95. The molecule has 1 unspecified atom stereocenters. The summed E-state index contributed by atoms with van der Waals surface area (Å²) in [6.07, 6.45) is 0. The van der Waals surface area contributed by atoms with E-state index in [0.29, 0.717) is 44.0 Å². The number of urea groups is 1. The lowest BCUT2D eigenvalue weighted by atomic mass is 10.0. The summed E-state index contributed by atoms with van der Waals surface area (Å²) in [5, 5.41) is 5.88. The maximum atomic E-state index is 14.5. The van der Waals surface area contributed by atoms with Crippen LogP contribution in [0.1, 0.15) is 22.0 Å². The van der Waals surface area contributed by atoms with E-state index in [1.165, 1.54) is 35.2 Å². The molecule has 28 heavy (non-hydrogen) atoms. The van der Waals surface area contributed by atoms with E-state index < -0.39 is 17.8 Å². The highest BCUT2D eigenvalue weighted by molar-refractivity contribution is 5.99. The summed E-state index contributed by atoms with van der Waals surface area (Å²) in [7, 11) is 0. The Morgan fingerprint density at radius 3 is 2.68 bits per heavy atom. The van der Waals surface area contributed by atoms with Gasteiger partial charge in [0.15, 0.2) is 0 Å². The number of halogens is 2. The Bertz CT molecular complexity index is 921. The van der Waals surface area contributed by atoms with Gasteiger partial charge >= 0.3 is 6.03 Å². The number of hydrogen-bond donors (Lipinski definition) is 2. The van der Waals surface area contributed by atoms with Crippen molar-refractivity contribution in [1.29, 1.82) is 0 Å². The van der Waals surface area contributed by atoms with Crippen LogP contribution in [0.25, 0.3) is 0 Å². The van der Waals surface area contributed by atoms with Gasteiger partial charge in [0, 0.05) is 38.4 Å². The largest absolute Gasteiger partial charge is 0.336 e. The quantitative estimate of drug-likeness (QED) is 0.851. The van der Waals surface area contributed by atoms with E-state index >= 15 is 0 Å². The van der Waals surface area contributed by atoms with Gasteiger partial charge in [-0.1, -0.05) is 12.1 Å². The first kappa shape index (κ1) is 18.4. The van der Waals surface area contributed by atoms with E-state index in [9.17, 15) is 18.4 Å². The number of amides is 3. The van der Waals surface area contributed by atoms with Crippen LogP contribution in [0.3, 0.4) is 0 Å². The molecule has 0 saturated carbocycles. The summed E-state index contributed by atoms with van der Waals surface area (Å²) in [6, 6.07) is 9.49. The van der Waals surface area contributed by atoms with Crippen LogP contribution < -0.4 is 15.5 Å². The van der Waals surface area contributed by atoms with Crippen LogP contribution in [-0.4, -0.2) is 49.6 Å². The molecule has 2 aromatic carbocycles. The second kappa shape index (κ2) is 7.55. The molecule has 2 saturated heterocycles. The molecule has 8 heteroatoms.